The van der Waals surface area contributed by atoms with Crippen LogP contribution in [-0.4, -0.2) is 40.6 Å². The smallest absolute Gasteiger partial charge is 0.339 e. The van der Waals surface area contributed by atoms with Gasteiger partial charge >= 0.3 is 5.97 Å². The zero-order valence-electron chi connectivity index (χ0n) is 14.5. The molecular formula is C17H20ClFN2O3S. The molecule has 25 heavy (non-hydrogen) atoms. The Morgan fingerprint density at radius 1 is 1.32 bits per heavy atom. The standard InChI is InChI=1S/C17H20ClFN2O3S/c1-9(2)20-6-5-15(22)21(17(20)25)14-7-11(12(18)8-13(14)19)16(23)24-10(3)4/h7-10H,5-6H2,1-4H3. The van der Waals surface area contributed by atoms with Gasteiger partial charge in [0.2, 0.25) is 5.91 Å². The van der Waals surface area contributed by atoms with Gasteiger partial charge in [-0.2, -0.15) is 0 Å². The van der Waals surface area contributed by atoms with E-state index in [1.54, 1.807) is 13.8 Å². The van der Waals surface area contributed by atoms with Crippen molar-refractivity contribution < 1.29 is 18.7 Å². The summed E-state index contributed by atoms with van der Waals surface area (Å²) in [5.41, 5.74) is -0.107. The SMILES string of the molecule is CC(C)OC(=O)c1cc(N2C(=O)CCN(C(C)C)C2=S)c(F)cc1Cl. The Kier molecular flexibility index (Phi) is 6.00. The van der Waals surface area contributed by atoms with E-state index in [9.17, 15) is 14.0 Å². The number of nitrogens with zero attached hydrogens (tertiary/aromatic N) is 2. The van der Waals surface area contributed by atoms with Gasteiger partial charge in [-0.25, -0.2) is 9.18 Å². The summed E-state index contributed by atoms with van der Waals surface area (Å²) in [5, 5.41) is 0.124. The van der Waals surface area contributed by atoms with Gasteiger partial charge in [-0.15, -0.1) is 0 Å². The second-order valence-electron chi connectivity index (χ2n) is 6.29. The fourth-order valence-electron chi connectivity index (χ4n) is 2.52. The predicted molar refractivity (Wildman–Crippen MR) is 98.5 cm³/mol. The molecule has 2 rings (SSSR count). The second kappa shape index (κ2) is 7.66. The molecule has 1 heterocycles. The third-order valence-electron chi connectivity index (χ3n) is 3.72. The van der Waals surface area contributed by atoms with E-state index in [4.69, 9.17) is 28.6 Å². The minimum absolute atomic E-state index is 0.0102. The van der Waals surface area contributed by atoms with Crippen molar-refractivity contribution in [1.29, 1.82) is 0 Å². The van der Waals surface area contributed by atoms with Crippen molar-refractivity contribution in [3.05, 3.63) is 28.5 Å². The van der Waals surface area contributed by atoms with Crippen LogP contribution in [0.2, 0.25) is 5.02 Å². The lowest BCUT2D eigenvalue weighted by molar-refractivity contribution is -0.118. The zero-order chi connectivity index (χ0) is 18.9. The van der Waals surface area contributed by atoms with Crippen LogP contribution >= 0.6 is 23.8 Å². The monoisotopic (exact) mass is 386 g/mol. The average Bonchev–Trinajstić information content (AvgIpc) is 2.47. The number of carbonyl (C=O) groups excluding carboxylic acids is 2. The maximum absolute atomic E-state index is 14.5. The minimum atomic E-state index is -0.729. The van der Waals surface area contributed by atoms with Crippen molar-refractivity contribution in [2.75, 3.05) is 11.4 Å². The predicted octanol–water partition coefficient (Wildman–Crippen LogP) is 3.78. The van der Waals surface area contributed by atoms with Gasteiger partial charge in [-0.3, -0.25) is 9.69 Å². The van der Waals surface area contributed by atoms with Gasteiger partial charge in [0.05, 0.1) is 22.4 Å². The van der Waals surface area contributed by atoms with Gasteiger partial charge in [0.1, 0.15) is 5.82 Å². The number of ether oxygens (including phenoxy) is 1. The fourth-order valence-corrected chi connectivity index (χ4v) is 3.25. The van der Waals surface area contributed by atoms with E-state index in [1.807, 2.05) is 18.7 Å². The summed E-state index contributed by atoms with van der Waals surface area (Å²) < 4.78 is 19.6. The molecule has 1 fully saturated rings. The molecule has 1 aromatic carbocycles. The summed E-state index contributed by atoms with van der Waals surface area (Å²) in [6.45, 7) is 7.73. The van der Waals surface area contributed by atoms with Crippen molar-refractivity contribution in [3.8, 4) is 0 Å². The number of hydrogen-bond acceptors (Lipinski definition) is 4. The van der Waals surface area contributed by atoms with Crippen molar-refractivity contribution >= 4 is 46.5 Å². The van der Waals surface area contributed by atoms with Gasteiger partial charge in [0.15, 0.2) is 5.11 Å². The van der Waals surface area contributed by atoms with Crippen molar-refractivity contribution in [1.82, 2.24) is 4.90 Å². The Hall–Kier alpha value is -1.73. The summed E-state index contributed by atoms with van der Waals surface area (Å²) in [6.07, 6.45) is -0.155. The highest BCUT2D eigenvalue weighted by atomic mass is 35.5. The van der Waals surface area contributed by atoms with E-state index >= 15 is 0 Å². The van der Waals surface area contributed by atoms with Crippen LogP contribution in [0.3, 0.4) is 0 Å². The molecule has 5 nitrogen and oxygen atoms in total. The molecule has 0 aromatic heterocycles. The van der Waals surface area contributed by atoms with Crippen molar-refractivity contribution in [2.45, 2.75) is 46.3 Å². The first-order valence-electron chi connectivity index (χ1n) is 7.97. The number of thiocarbonyl (C=S) groups is 1. The number of hydrogen-bond donors (Lipinski definition) is 0. The molecule has 1 amide bonds. The third-order valence-corrected chi connectivity index (χ3v) is 4.45. The Morgan fingerprint density at radius 2 is 1.96 bits per heavy atom. The van der Waals surface area contributed by atoms with E-state index in [1.165, 1.54) is 6.07 Å². The lowest BCUT2D eigenvalue weighted by atomic mass is 10.1. The summed E-state index contributed by atoms with van der Waals surface area (Å²) in [6, 6.07) is 2.28. The van der Waals surface area contributed by atoms with Crippen molar-refractivity contribution in [3.63, 3.8) is 0 Å². The number of benzene rings is 1. The number of esters is 1. The summed E-state index contributed by atoms with van der Waals surface area (Å²) in [4.78, 5) is 27.5. The lowest BCUT2D eigenvalue weighted by Gasteiger charge is -2.39. The van der Waals surface area contributed by atoms with E-state index in [2.05, 4.69) is 0 Å². The van der Waals surface area contributed by atoms with Gasteiger partial charge in [-0.05, 0) is 52.0 Å². The van der Waals surface area contributed by atoms with Crippen LogP contribution in [0, 0.1) is 5.82 Å². The second-order valence-corrected chi connectivity index (χ2v) is 7.06. The molecule has 1 aliphatic heterocycles. The topological polar surface area (TPSA) is 49.9 Å². The highest BCUT2D eigenvalue weighted by Crippen LogP contribution is 2.31. The molecule has 0 bridgehead atoms. The van der Waals surface area contributed by atoms with Crippen molar-refractivity contribution in [2.24, 2.45) is 0 Å². The maximum atomic E-state index is 14.5. The number of halogens is 2. The maximum Gasteiger partial charge on any atom is 0.339 e. The van der Waals surface area contributed by atoms with Crippen LogP contribution in [0.5, 0.6) is 0 Å². The van der Waals surface area contributed by atoms with Gasteiger partial charge in [0.25, 0.3) is 0 Å². The van der Waals surface area contributed by atoms with Crippen LogP contribution in [0.15, 0.2) is 12.1 Å². The molecule has 0 N–H and O–H groups in total. The number of anilines is 1. The number of carbonyl (C=O) groups is 2. The molecule has 1 aromatic rings. The molecule has 1 aliphatic rings. The molecule has 1 saturated heterocycles. The molecule has 0 saturated carbocycles. The molecule has 8 heteroatoms. The fraction of sp³-hybridized carbons (Fsp3) is 0.471. The first-order chi connectivity index (χ1) is 11.6. The van der Waals surface area contributed by atoms with Gasteiger partial charge in [0, 0.05) is 19.0 Å². The Morgan fingerprint density at radius 3 is 2.52 bits per heavy atom. The summed E-state index contributed by atoms with van der Waals surface area (Å²) >= 11 is 11.4. The zero-order valence-corrected chi connectivity index (χ0v) is 16.1. The van der Waals surface area contributed by atoms with Gasteiger partial charge in [-0.1, -0.05) is 11.6 Å². The molecule has 136 valence electrons. The molecule has 0 atom stereocenters. The Balaban J connectivity index is 2.48. The van der Waals surface area contributed by atoms with Gasteiger partial charge < -0.3 is 9.64 Å². The largest absolute Gasteiger partial charge is 0.459 e. The average molecular weight is 387 g/mol. The first kappa shape index (κ1) is 19.6. The molecule has 0 unspecified atom stereocenters. The summed E-state index contributed by atoms with van der Waals surface area (Å²) in [5.74, 6) is -1.74. The highest BCUT2D eigenvalue weighted by Gasteiger charge is 2.34. The number of rotatable bonds is 4. The van der Waals surface area contributed by atoms with Crippen LogP contribution in [0.25, 0.3) is 0 Å². The van der Waals surface area contributed by atoms with E-state index in [-0.39, 0.29) is 45.9 Å². The quantitative estimate of drug-likeness (QED) is 0.582. The van der Waals surface area contributed by atoms with E-state index in [0.717, 1.165) is 11.0 Å². The Bertz CT molecular complexity index is 724. The van der Waals surface area contributed by atoms with Crippen LogP contribution in [0.4, 0.5) is 10.1 Å². The molecule has 0 spiro atoms. The summed E-state index contributed by atoms with van der Waals surface area (Å²) in [7, 11) is 0. The van der Waals surface area contributed by atoms with E-state index < -0.39 is 11.8 Å². The van der Waals surface area contributed by atoms with Crippen LogP contribution < -0.4 is 4.90 Å². The van der Waals surface area contributed by atoms with E-state index in [0.29, 0.717) is 6.54 Å². The minimum Gasteiger partial charge on any atom is -0.459 e. The number of amides is 1. The van der Waals surface area contributed by atoms with Crippen LogP contribution in [-0.2, 0) is 9.53 Å². The third kappa shape index (κ3) is 4.10. The molecule has 0 aliphatic carbocycles. The first-order valence-corrected chi connectivity index (χ1v) is 8.75. The Labute approximate surface area is 156 Å². The van der Waals surface area contributed by atoms with Crippen LogP contribution in [0.1, 0.15) is 44.5 Å². The lowest BCUT2D eigenvalue weighted by Crippen LogP contribution is -2.54. The normalized spacial score (nSPS) is 15.4. The molecule has 0 radical (unpaired) electrons. The highest BCUT2D eigenvalue weighted by molar-refractivity contribution is 7.80. The molecular weight excluding hydrogens is 367 g/mol.